The van der Waals surface area contributed by atoms with Crippen LogP contribution in [0.1, 0.15) is 15.9 Å². The number of nitrogens with zero attached hydrogens (tertiary/aromatic N) is 1. The molecule has 0 fully saturated rings. The number of carboxylic acid groups (broad SMARTS) is 1. The van der Waals surface area contributed by atoms with E-state index in [1.165, 1.54) is 0 Å². The van der Waals surface area contributed by atoms with Gasteiger partial charge in [-0.15, -0.1) is 24.8 Å². The average molecular weight is 395 g/mol. The molecule has 0 bridgehead atoms. The molecule has 138 valence electrons. The molecule has 3 rings (SSSR count). The highest BCUT2D eigenvalue weighted by molar-refractivity contribution is 6.05. The summed E-state index contributed by atoms with van der Waals surface area (Å²) in [6, 6.07) is 16.5. The molecular formula is C19H20Cl2N2O3. The van der Waals surface area contributed by atoms with Crippen LogP contribution in [-0.2, 0) is 6.42 Å². The van der Waals surface area contributed by atoms with Crippen molar-refractivity contribution in [2.24, 2.45) is 5.73 Å². The van der Waals surface area contributed by atoms with Gasteiger partial charge in [-0.2, -0.15) is 0 Å². The van der Waals surface area contributed by atoms with Crippen molar-refractivity contribution >= 4 is 41.7 Å². The molecule has 0 radical (unpaired) electrons. The fourth-order valence-electron chi connectivity index (χ4n) is 2.65. The number of aromatic nitrogens is 1. The Balaban J connectivity index is 0.00000169. The highest BCUT2D eigenvalue weighted by Crippen LogP contribution is 2.27. The van der Waals surface area contributed by atoms with Crippen LogP contribution in [-0.4, -0.2) is 28.7 Å². The Morgan fingerprint density at radius 1 is 1.08 bits per heavy atom. The Labute approximate surface area is 164 Å². The highest BCUT2D eigenvalue weighted by Gasteiger charge is 2.17. The molecule has 7 heteroatoms. The van der Waals surface area contributed by atoms with Crippen molar-refractivity contribution in [3.05, 3.63) is 71.9 Å². The quantitative estimate of drug-likeness (QED) is 0.665. The number of pyridine rings is 1. The molecule has 0 saturated heterocycles. The van der Waals surface area contributed by atoms with Crippen molar-refractivity contribution in [2.75, 3.05) is 6.61 Å². The van der Waals surface area contributed by atoms with E-state index < -0.39 is 5.97 Å². The van der Waals surface area contributed by atoms with Gasteiger partial charge in [0.2, 0.25) is 0 Å². The molecule has 0 aliphatic rings. The van der Waals surface area contributed by atoms with Crippen molar-refractivity contribution in [2.45, 2.75) is 12.5 Å². The monoisotopic (exact) mass is 394 g/mol. The van der Waals surface area contributed by atoms with Crippen LogP contribution in [0.4, 0.5) is 0 Å². The van der Waals surface area contributed by atoms with Crippen molar-refractivity contribution in [3.63, 3.8) is 0 Å². The number of carboxylic acids is 1. The lowest BCUT2D eigenvalue weighted by Crippen LogP contribution is -2.30. The number of carbonyl (C=O) groups is 1. The van der Waals surface area contributed by atoms with E-state index in [2.05, 4.69) is 4.98 Å². The maximum absolute atomic E-state index is 11.6. The zero-order chi connectivity index (χ0) is 16.9. The molecule has 3 N–H and O–H groups in total. The van der Waals surface area contributed by atoms with Gasteiger partial charge in [-0.05, 0) is 30.2 Å². The summed E-state index contributed by atoms with van der Waals surface area (Å²) in [5, 5.41) is 10.1. The first kappa shape index (κ1) is 21.7. The van der Waals surface area contributed by atoms with Crippen molar-refractivity contribution in [1.29, 1.82) is 0 Å². The Kier molecular flexibility index (Phi) is 8.32. The van der Waals surface area contributed by atoms with Crippen molar-refractivity contribution in [1.82, 2.24) is 4.98 Å². The number of fused-ring (bicyclic) bond motifs is 1. The lowest BCUT2D eigenvalue weighted by Gasteiger charge is -2.15. The minimum Gasteiger partial charge on any atom is -0.491 e. The first-order valence-electron chi connectivity index (χ1n) is 7.68. The summed E-state index contributed by atoms with van der Waals surface area (Å²) in [5.74, 6) is -0.730. The molecule has 0 aliphatic heterocycles. The summed E-state index contributed by atoms with van der Waals surface area (Å²) in [5.41, 5.74) is 7.97. The second-order valence-corrected chi connectivity index (χ2v) is 5.57. The van der Waals surface area contributed by atoms with Crippen LogP contribution >= 0.6 is 24.8 Å². The first-order valence-corrected chi connectivity index (χ1v) is 7.68. The molecule has 3 aromatic rings. The predicted molar refractivity (Wildman–Crippen MR) is 107 cm³/mol. The number of hydrogen-bond donors (Lipinski definition) is 2. The second kappa shape index (κ2) is 9.97. The summed E-state index contributed by atoms with van der Waals surface area (Å²) in [6.45, 7) is 0.237. The van der Waals surface area contributed by atoms with Gasteiger partial charge >= 0.3 is 5.97 Å². The standard InChI is InChI=1S/C19H18N2O3.2ClH/c20-14(11-13-5-2-1-3-6-13)12-24-17-9-8-16-15(7-4-10-21-16)18(17)19(22)23;;/h1-10,14H,11-12,20H2,(H,22,23);2*1H. The number of rotatable bonds is 6. The van der Waals surface area contributed by atoms with E-state index >= 15 is 0 Å². The van der Waals surface area contributed by atoms with E-state index in [0.29, 0.717) is 23.1 Å². The summed E-state index contributed by atoms with van der Waals surface area (Å²) >= 11 is 0. The molecule has 1 atom stereocenters. The SMILES string of the molecule is Cl.Cl.NC(COc1ccc2ncccc2c1C(=O)O)Cc1ccccc1. The van der Waals surface area contributed by atoms with Crippen LogP contribution in [0, 0.1) is 0 Å². The van der Waals surface area contributed by atoms with Crippen LogP contribution in [0.2, 0.25) is 0 Å². The maximum Gasteiger partial charge on any atom is 0.340 e. The molecule has 26 heavy (non-hydrogen) atoms. The number of aromatic carboxylic acids is 1. The van der Waals surface area contributed by atoms with Gasteiger partial charge in [0.05, 0.1) is 5.52 Å². The third-order valence-corrected chi connectivity index (χ3v) is 3.75. The number of halogens is 2. The molecule has 0 amide bonds. The van der Waals surface area contributed by atoms with E-state index in [4.69, 9.17) is 10.5 Å². The lowest BCUT2D eigenvalue weighted by molar-refractivity contribution is 0.0694. The van der Waals surface area contributed by atoms with Crippen molar-refractivity contribution in [3.8, 4) is 5.75 Å². The molecule has 0 aliphatic carbocycles. The van der Waals surface area contributed by atoms with E-state index in [-0.39, 0.29) is 43.0 Å². The average Bonchev–Trinajstić information content (AvgIpc) is 2.60. The van der Waals surface area contributed by atoms with Gasteiger partial charge in [0, 0.05) is 17.6 Å². The topological polar surface area (TPSA) is 85.4 Å². The summed E-state index contributed by atoms with van der Waals surface area (Å²) < 4.78 is 5.71. The third kappa shape index (κ3) is 5.08. The van der Waals surface area contributed by atoms with Gasteiger partial charge in [0.15, 0.2) is 0 Å². The fourth-order valence-corrected chi connectivity index (χ4v) is 2.65. The molecule has 1 heterocycles. The second-order valence-electron chi connectivity index (χ2n) is 5.57. The number of ether oxygens (including phenoxy) is 1. The summed E-state index contributed by atoms with van der Waals surface area (Å²) in [4.78, 5) is 15.8. The van der Waals surface area contributed by atoms with Gasteiger partial charge in [-0.25, -0.2) is 4.79 Å². The number of benzene rings is 2. The predicted octanol–water partition coefficient (Wildman–Crippen LogP) is 3.73. The van der Waals surface area contributed by atoms with Crippen LogP contribution in [0.15, 0.2) is 60.8 Å². The minimum atomic E-state index is -1.04. The van der Waals surface area contributed by atoms with Crippen LogP contribution in [0.3, 0.4) is 0 Å². The van der Waals surface area contributed by atoms with Crippen LogP contribution in [0.5, 0.6) is 5.75 Å². The number of nitrogens with two attached hydrogens (primary N) is 1. The minimum absolute atomic E-state index is 0. The van der Waals surface area contributed by atoms with Crippen LogP contribution in [0.25, 0.3) is 10.9 Å². The van der Waals surface area contributed by atoms with Gasteiger partial charge in [0.1, 0.15) is 17.9 Å². The Hall–Kier alpha value is -2.34. The zero-order valence-electron chi connectivity index (χ0n) is 13.9. The van der Waals surface area contributed by atoms with E-state index in [1.807, 2.05) is 30.3 Å². The fraction of sp³-hybridized carbons (Fsp3) is 0.158. The molecular weight excluding hydrogens is 375 g/mol. The van der Waals surface area contributed by atoms with E-state index in [0.717, 1.165) is 5.56 Å². The lowest BCUT2D eigenvalue weighted by atomic mass is 10.1. The largest absolute Gasteiger partial charge is 0.491 e. The Morgan fingerprint density at radius 2 is 1.81 bits per heavy atom. The van der Waals surface area contributed by atoms with Gasteiger partial charge < -0.3 is 15.6 Å². The van der Waals surface area contributed by atoms with E-state index in [9.17, 15) is 9.90 Å². The smallest absolute Gasteiger partial charge is 0.340 e. The highest BCUT2D eigenvalue weighted by atomic mass is 35.5. The first-order chi connectivity index (χ1) is 11.6. The van der Waals surface area contributed by atoms with Gasteiger partial charge in [-0.3, -0.25) is 4.98 Å². The molecule has 0 saturated carbocycles. The summed E-state index contributed by atoms with van der Waals surface area (Å²) in [6.07, 6.45) is 2.29. The molecule has 5 nitrogen and oxygen atoms in total. The van der Waals surface area contributed by atoms with Crippen LogP contribution < -0.4 is 10.5 Å². The zero-order valence-corrected chi connectivity index (χ0v) is 15.5. The van der Waals surface area contributed by atoms with Gasteiger partial charge in [-0.1, -0.05) is 36.4 Å². The van der Waals surface area contributed by atoms with Crippen molar-refractivity contribution < 1.29 is 14.6 Å². The molecule has 2 aromatic carbocycles. The summed E-state index contributed by atoms with van der Waals surface area (Å²) in [7, 11) is 0. The maximum atomic E-state index is 11.6. The molecule has 1 unspecified atom stereocenters. The van der Waals surface area contributed by atoms with E-state index in [1.54, 1.807) is 30.5 Å². The van der Waals surface area contributed by atoms with Gasteiger partial charge in [0.25, 0.3) is 0 Å². The third-order valence-electron chi connectivity index (χ3n) is 3.75. The Morgan fingerprint density at radius 3 is 2.50 bits per heavy atom. The molecule has 0 spiro atoms. The Bertz CT molecular complexity index is 860. The number of hydrogen-bond acceptors (Lipinski definition) is 4. The normalized spacial score (nSPS) is 11.1. The molecule has 1 aromatic heterocycles.